The Kier molecular flexibility index (Phi) is 4.98. The molecule has 1 unspecified atom stereocenters. The molecule has 0 spiro atoms. The maximum Gasteiger partial charge on any atom is 0.273 e. The Balaban J connectivity index is 2.31. The number of carbonyl (C=O) groups excluding carboxylic acids is 1. The van der Waals surface area contributed by atoms with Gasteiger partial charge < -0.3 is 14.4 Å². The van der Waals surface area contributed by atoms with E-state index in [-0.39, 0.29) is 34.8 Å². The van der Waals surface area contributed by atoms with E-state index in [1.807, 2.05) is 0 Å². The van der Waals surface area contributed by atoms with Crippen LogP contribution in [0, 0.1) is 10.1 Å². The van der Waals surface area contributed by atoms with E-state index >= 15 is 0 Å². The predicted molar refractivity (Wildman–Crippen MR) is 76.0 cm³/mol. The second kappa shape index (κ2) is 6.73. The van der Waals surface area contributed by atoms with E-state index in [1.54, 1.807) is 4.90 Å². The maximum atomic E-state index is 12.6. The zero-order valence-corrected chi connectivity index (χ0v) is 12.2. The number of hydrogen-bond acceptors (Lipinski definition) is 5. The molecule has 1 amide bonds. The number of rotatable bonds is 4. The van der Waals surface area contributed by atoms with Crippen LogP contribution in [0.4, 0.5) is 5.69 Å². The smallest absolute Gasteiger partial charge is 0.273 e. The number of carbonyl (C=O) groups is 1. The summed E-state index contributed by atoms with van der Waals surface area (Å²) in [6.45, 7) is 1.25. The van der Waals surface area contributed by atoms with Crippen LogP contribution in [0.25, 0.3) is 0 Å². The van der Waals surface area contributed by atoms with Crippen LogP contribution in [-0.4, -0.2) is 54.5 Å². The summed E-state index contributed by atoms with van der Waals surface area (Å²) in [5, 5.41) is 10.8. The van der Waals surface area contributed by atoms with Crippen molar-refractivity contribution in [2.24, 2.45) is 0 Å². The lowest BCUT2D eigenvalue weighted by Crippen LogP contribution is -2.49. The second-order valence-electron chi connectivity index (χ2n) is 4.52. The highest BCUT2D eigenvalue weighted by atomic mass is 35.5. The molecule has 0 saturated carbocycles. The number of nitro groups is 1. The molecule has 0 aromatic heterocycles. The lowest BCUT2D eigenvalue weighted by Gasteiger charge is -2.34. The third kappa shape index (κ3) is 3.25. The van der Waals surface area contributed by atoms with Crippen molar-refractivity contribution in [3.63, 3.8) is 0 Å². The fourth-order valence-electron chi connectivity index (χ4n) is 2.17. The molecular formula is C13H15ClN2O5. The topological polar surface area (TPSA) is 81.9 Å². The number of amides is 1. The summed E-state index contributed by atoms with van der Waals surface area (Å²) in [4.78, 5) is 24.4. The van der Waals surface area contributed by atoms with Crippen LogP contribution in [0.2, 0.25) is 0 Å². The molecule has 1 atom stereocenters. The Morgan fingerprint density at radius 2 is 2.38 bits per heavy atom. The molecule has 114 valence electrons. The largest absolute Gasteiger partial charge is 0.496 e. The Hall–Kier alpha value is -1.86. The van der Waals surface area contributed by atoms with Crippen LogP contribution in [0.3, 0.4) is 0 Å². The van der Waals surface area contributed by atoms with Gasteiger partial charge in [-0.15, -0.1) is 11.6 Å². The summed E-state index contributed by atoms with van der Waals surface area (Å²) in [6.07, 6.45) is 0. The Labute approximate surface area is 126 Å². The zero-order valence-electron chi connectivity index (χ0n) is 11.5. The number of non-ortho nitro benzene ring substituents is 1. The normalized spacial score (nSPS) is 18.4. The third-order valence-electron chi connectivity index (χ3n) is 3.29. The van der Waals surface area contributed by atoms with Crippen molar-refractivity contribution in [2.75, 3.05) is 32.7 Å². The quantitative estimate of drug-likeness (QED) is 0.480. The fourth-order valence-corrected chi connectivity index (χ4v) is 2.43. The highest BCUT2D eigenvalue weighted by Crippen LogP contribution is 2.27. The SMILES string of the molecule is COc1cc([N+](=O)[O-])ccc1C(=O)N1CCOCC1CCl. The van der Waals surface area contributed by atoms with Gasteiger partial charge in [0, 0.05) is 18.5 Å². The van der Waals surface area contributed by atoms with Crippen LogP contribution >= 0.6 is 11.6 Å². The third-order valence-corrected chi connectivity index (χ3v) is 3.65. The van der Waals surface area contributed by atoms with Crippen molar-refractivity contribution >= 4 is 23.2 Å². The van der Waals surface area contributed by atoms with Crippen molar-refractivity contribution < 1.29 is 19.2 Å². The molecule has 21 heavy (non-hydrogen) atoms. The standard InChI is InChI=1S/C13H15ClN2O5/c1-20-12-6-9(16(18)19)2-3-11(12)13(17)15-4-5-21-8-10(15)7-14/h2-3,6,10H,4-5,7-8H2,1H3. The summed E-state index contributed by atoms with van der Waals surface area (Å²) in [6, 6.07) is 3.71. The van der Waals surface area contributed by atoms with Gasteiger partial charge in [0.15, 0.2) is 0 Å². The molecule has 1 aromatic carbocycles. The molecule has 1 aliphatic heterocycles. The number of halogens is 1. The summed E-state index contributed by atoms with van der Waals surface area (Å²) in [5.41, 5.74) is 0.152. The molecule has 0 radical (unpaired) electrons. The van der Waals surface area contributed by atoms with Gasteiger partial charge >= 0.3 is 0 Å². The average molecular weight is 315 g/mol. The minimum absolute atomic E-state index is 0.126. The Morgan fingerprint density at radius 1 is 1.62 bits per heavy atom. The van der Waals surface area contributed by atoms with Crippen molar-refractivity contribution in [2.45, 2.75) is 6.04 Å². The minimum atomic E-state index is -0.535. The first kappa shape index (κ1) is 15.5. The lowest BCUT2D eigenvalue weighted by molar-refractivity contribution is -0.384. The van der Waals surface area contributed by atoms with Crippen molar-refractivity contribution in [3.8, 4) is 5.75 Å². The zero-order chi connectivity index (χ0) is 15.4. The van der Waals surface area contributed by atoms with Gasteiger partial charge in [0.1, 0.15) is 5.75 Å². The van der Waals surface area contributed by atoms with Gasteiger partial charge in [-0.3, -0.25) is 14.9 Å². The van der Waals surface area contributed by atoms with Gasteiger partial charge in [-0.2, -0.15) is 0 Å². The fraction of sp³-hybridized carbons (Fsp3) is 0.462. The molecule has 1 saturated heterocycles. The minimum Gasteiger partial charge on any atom is -0.496 e. The summed E-state index contributed by atoms with van der Waals surface area (Å²) < 4.78 is 10.4. The summed E-state index contributed by atoms with van der Waals surface area (Å²) >= 11 is 5.85. The van der Waals surface area contributed by atoms with Crippen molar-refractivity contribution in [1.82, 2.24) is 4.90 Å². The molecule has 1 aliphatic rings. The first-order valence-corrected chi connectivity index (χ1v) is 6.89. The molecule has 0 bridgehead atoms. The van der Waals surface area contributed by atoms with Crippen LogP contribution in [0.15, 0.2) is 18.2 Å². The number of methoxy groups -OCH3 is 1. The van der Waals surface area contributed by atoms with E-state index in [2.05, 4.69) is 0 Å². The molecule has 1 fully saturated rings. The number of benzene rings is 1. The first-order chi connectivity index (χ1) is 10.1. The molecule has 1 heterocycles. The van der Waals surface area contributed by atoms with Crippen LogP contribution in [0.5, 0.6) is 5.75 Å². The molecule has 0 N–H and O–H groups in total. The van der Waals surface area contributed by atoms with E-state index in [0.717, 1.165) is 0 Å². The highest BCUT2D eigenvalue weighted by molar-refractivity contribution is 6.18. The van der Waals surface area contributed by atoms with Gasteiger partial charge in [0.25, 0.3) is 11.6 Å². The molecule has 2 rings (SSSR count). The molecule has 8 heteroatoms. The predicted octanol–water partition coefficient (Wildman–Crippen LogP) is 1.68. The average Bonchev–Trinajstić information content (AvgIpc) is 2.53. The number of nitro benzene ring substituents is 1. The van der Waals surface area contributed by atoms with Crippen LogP contribution in [-0.2, 0) is 4.74 Å². The van der Waals surface area contributed by atoms with E-state index in [4.69, 9.17) is 21.1 Å². The summed E-state index contributed by atoms with van der Waals surface area (Å²) in [5.74, 6) is 0.172. The maximum absolute atomic E-state index is 12.6. The number of nitrogens with zero attached hydrogens (tertiary/aromatic N) is 2. The molecule has 1 aromatic rings. The number of ether oxygens (including phenoxy) is 2. The van der Waals surface area contributed by atoms with Gasteiger partial charge in [-0.05, 0) is 6.07 Å². The van der Waals surface area contributed by atoms with Crippen molar-refractivity contribution in [1.29, 1.82) is 0 Å². The van der Waals surface area contributed by atoms with Gasteiger partial charge in [-0.1, -0.05) is 0 Å². The second-order valence-corrected chi connectivity index (χ2v) is 4.83. The van der Waals surface area contributed by atoms with E-state index in [9.17, 15) is 14.9 Å². The number of alkyl halides is 1. The Bertz CT molecular complexity index is 551. The number of morpholine rings is 1. The van der Waals surface area contributed by atoms with E-state index < -0.39 is 4.92 Å². The summed E-state index contributed by atoms with van der Waals surface area (Å²) in [7, 11) is 1.37. The molecule has 0 aliphatic carbocycles. The Morgan fingerprint density at radius 3 is 3.00 bits per heavy atom. The first-order valence-electron chi connectivity index (χ1n) is 6.35. The van der Waals surface area contributed by atoms with Crippen LogP contribution < -0.4 is 4.74 Å². The van der Waals surface area contributed by atoms with Gasteiger partial charge in [-0.25, -0.2) is 0 Å². The van der Waals surface area contributed by atoms with Gasteiger partial charge in [0.05, 0.1) is 42.9 Å². The lowest BCUT2D eigenvalue weighted by atomic mass is 10.1. The van der Waals surface area contributed by atoms with E-state index in [1.165, 1.54) is 25.3 Å². The highest BCUT2D eigenvalue weighted by Gasteiger charge is 2.29. The monoisotopic (exact) mass is 314 g/mol. The van der Waals surface area contributed by atoms with E-state index in [0.29, 0.717) is 19.8 Å². The number of hydrogen-bond donors (Lipinski definition) is 0. The van der Waals surface area contributed by atoms with Gasteiger partial charge in [0.2, 0.25) is 0 Å². The van der Waals surface area contributed by atoms with Crippen LogP contribution in [0.1, 0.15) is 10.4 Å². The molecular weight excluding hydrogens is 300 g/mol. The molecule has 7 nitrogen and oxygen atoms in total. The van der Waals surface area contributed by atoms with Crippen molar-refractivity contribution in [3.05, 3.63) is 33.9 Å².